The van der Waals surface area contributed by atoms with E-state index in [1.165, 1.54) is 5.56 Å². The third-order valence-electron chi connectivity index (χ3n) is 4.73. The van der Waals surface area contributed by atoms with Crippen LogP contribution in [-0.4, -0.2) is 31.9 Å². The number of anilines is 2. The molecule has 7 nitrogen and oxygen atoms in total. The molecule has 0 aliphatic rings. The number of hydrogen-bond donors (Lipinski definition) is 3. The molecule has 2 aromatic carbocycles. The third kappa shape index (κ3) is 4.63. The van der Waals surface area contributed by atoms with E-state index in [2.05, 4.69) is 42.7 Å². The number of nitrogens with zero attached hydrogens (tertiary/aromatic N) is 3. The number of carbonyl (C=O) groups is 1. The average molecular weight is 400 g/mol. The van der Waals surface area contributed by atoms with E-state index in [4.69, 9.17) is 0 Å². The molecule has 2 aromatic heterocycles. The number of hydrogen-bond acceptors (Lipinski definition) is 5. The summed E-state index contributed by atoms with van der Waals surface area (Å²) in [5.74, 6) is 1.17. The first-order valence-electron chi connectivity index (χ1n) is 9.88. The lowest BCUT2D eigenvalue weighted by Crippen LogP contribution is -2.32. The Morgan fingerprint density at radius 1 is 1.00 bits per heavy atom. The maximum Gasteiger partial charge on any atom is 0.246 e. The number of aromatic nitrogens is 4. The van der Waals surface area contributed by atoms with Gasteiger partial charge in [0.05, 0.1) is 11.0 Å². The van der Waals surface area contributed by atoms with Gasteiger partial charge in [-0.05, 0) is 50.6 Å². The van der Waals surface area contributed by atoms with Crippen molar-refractivity contribution in [2.45, 2.75) is 33.2 Å². The first-order valence-corrected chi connectivity index (χ1v) is 9.88. The summed E-state index contributed by atoms with van der Waals surface area (Å²) in [7, 11) is 0. The van der Waals surface area contributed by atoms with Gasteiger partial charge in [0.15, 0.2) is 0 Å². The largest absolute Gasteiger partial charge is 0.343 e. The van der Waals surface area contributed by atoms with Gasteiger partial charge in [-0.25, -0.2) is 15.0 Å². The predicted octanol–water partition coefficient (Wildman–Crippen LogP) is 4.00. The van der Waals surface area contributed by atoms with Crippen LogP contribution in [0.5, 0.6) is 0 Å². The van der Waals surface area contributed by atoms with Crippen LogP contribution in [0.25, 0.3) is 11.0 Å². The Bertz CT molecular complexity index is 1160. The Hall–Kier alpha value is -3.74. The average Bonchev–Trinajstić information content (AvgIpc) is 3.09. The number of rotatable bonds is 6. The number of benzene rings is 2. The molecular formula is C23H24N6O. The zero-order valence-corrected chi connectivity index (χ0v) is 17.2. The molecule has 30 heavy (non-hydrogen) atoms. The maximum atomic E-state index is 12.6. The van der Waals surface area contributed by atoms with E-state index < -0.39 is 6.04 Å². The highest BCUT2D eigenvalue weighted by molar-refractivity contribution is 5.97. The molecule has 4 rings (SSSR count). The van der Waals surface area contributed by atoms with Crippen molar-refractivity contribution < 1.29 is 4.79 Å². The van der Waals surface area contributed by atoms with Gasteiger partial charge in [-0.15, -0.1) is 0 Å². The second-order valence-electron chi connectivity index (χ2n) is 7.41. The third-order valence-corrected chi connectivity index (χ3v) is 4.73. The summed E-state index contributed by atoms with van der Waals surface area (Å²) in [6, 6.07) is 17.2. The fourth-order valence-electron chi connectivity index (χ4n) is 3.31. The van der Waals surface area contributed by atoms with Crippen LogP contribution in [0.2, 0.25) is 0 Å². The SMILES string of the molecule is Cc1cc(C)nc(NC(C)C(=O)Nc2ccc3nc(Cc4ccccc4)[nH]c3c2)n1. The summed E-state index contributed by atoms with van der Waals surface area (Å²) in [5, 5.41) is 6.00. The molecule has 0 aliphatic heterocycles. The Morgan fingerprint density at radius 2 is 1.73 bits per heavy atom. The number of aromatic amines is 1. The second kappa shape index (κ2) is 8.32. The lowest BCUT2D eigenvalue weighted by molar-refractivity contribution is -0.116. The summed E-state index contributed by atoms with van der Waals surface area (Å²) in [6.45, 7) is 5.58. The van der Waals surface area contributed by atoms with Crippen molar-refractivity contribution in [3.8, 4) is 0 Å². The number of carbonyl (C=O) groups excluding carboxylic acids is 1. The first-order chi connectivity index (χ1) is 14.5. The molecule has 0 fully saturated rings. The summed E-state index contributed by atoms with van der Waals surface area (Å²) in [4.78, 5) is 29.2. The molecule has 0 saturated carbocycles. The Balaban J connectivity index is 1.44. The topological polar surface area (TPSA) is 95.6 Å². The molecular weight excluding hydrogens is 376 g/mol. The molecule has 152 valence electrons. The van der Waals surface area contributed by atoms with E-state index in [1.54, 1.807) is 6.92 Å². The maximum absolute atomic E-state index is 12.6. The number of aryl methyl sites for hydroxylation is 2. The van der Waals surface area contributed by atoms with Crippen molar-refractivity contribution in [2.24, 2.45) is 0 Å². The van der Waals surface area contributed by atoms with E-state index in [0.29, 0.717) is 11.6 Å². The van der Waals surface area contributed by atoms with Crippen LogP contribution >= 0.6 is 0 Å². The van der Waals surface area contributed by atoms with Gasteiger partial charge in [0.25, 0.3) is 0 Å². The first kappa shape index (κ1) is 19.6. The summed E-state index contributed by atoms with van der Waals surface area (Å²) in [5.41, 5.74) is 5.36. The summed E-state index contributed by atoms with van der Waals surface area (Å²) in [6.07, 6.45) is 0.730. The van der Waals surface area contributed by atoms with Gasteiger partial charge >= 0.3 is 0 Å². The van der Waals surface area contributed by atoms with Gasteiger partial charge in [-0.2, -0.15) is 0 Å². The molecule has 0 saturated heterocycles. The van der Waals surface area contributed by atoms with Crippen molar-refractivity contribution in [1.29, 1.82) is 0 Å². The minimum Gasteiger partial charge on any atom is -0.343 e. The molecule has 0 spiro atoms. The minimum atomic E-state index is -0.489. The summed E-state index contributed by atoms with van der Waals surface area (Å²) < 4.78 is 0. The number of nitrogens with one attached hydrogen (secondary N) is 3. The minimum absolute atomic E-state index is 0.166. The molecule has 0 aliphatic carbocycles. The Morgan fingerprint density at radius 3 is 2.47 bits per heavy atom. The molecule has 1 amide bonds. The molecule has 3 N–H and O–H groups in total. The van der Waals surface area contributed by atoms with E-state index >= 15 is 0 Å². The van der Waals surface area contributed by atoms with Crippen molar-refractivity contribution in [3.05, 3.63) is 77.4 Å². The normalized spacial score (nSPS) is 12.0. The second-order valence-corrected chi connectivity index (χ2v) is 7.41. The Kier molecular flexibility index (Phi) is 5.43. The van der Waals surface area contributed by atoms with Crippen molar-refractivity contribution in [2.75, 3.05) is 10.6 Å². The van der Waals surface area contributed by atoms with Gasteiger partial charge in [-0.1, -0.05) is 30.3 Å². The molecule has 1 unspecified atom stereocenters. The lowest BCUT2D eigenvalue weighted by atomic mass is 10.1. The van der Waals surface area contributed by atoms with Gasteiger partial charge in [-0.3, -0.25) is 4.79 Å². The predicted molar refractivity (Wildman–Crippen MR) is 119 cm³/mol. The van der Waals surface area contributed by atoms with Crippen LogP contribution in [0.4, 0.5) is 11.6 Å². The summed E-state index contributed by atoms with van der Waals surface area (Å²) >= 11 is 0. The molecule has 2 heterocycles. The fraction of sp³-hybridized carbons (Fsp3) is 0.217. The Labute approximate surface area is 175 Å². The molecule has 0 radical (unpaired) electrons. The van der Waals surface area contributed by atoms with Crippen LogP contribution in [0.15, 0.2) is 54.6 Å². The van der Waals surface area contributed by atoms with E-state index in [0.717, 1.165) is 34.7 Å². The molecule has 0 bridgehead atoms. The van der Waals surface area contributed by atoms with Crippen LogP contribution < -0.4 is 10.6 Å². The lowest BCUT2D eigenvalue weighted by Gasteiger charge is -2.14. The molecule has 1 atom stereocenters. The smallest absolute Gasteiger partial charge is 0.246 e. The van der Waals surface area contributed by atoms with E-state index in [1.807, 2.05) is 56.3 Å². The van der Waals surface area contributed by atoms with Gasteiger partial charge in [0.2, 0.25) is 11.9 Å². The number of imidazole rings is 1. The zero-order chi connectivity index (χ0) is 21.1. The molecule has 4 aromatic rings. The highest BCUT2D eigenvalue weighted by Gasteiger charge is 2.15. The van der Waals surface area contributed by atoms with E-state index in [-0.39, 0.29) is 5.91 Å². The molecule has 7 heteroatoms. The highest BCUT2D eigenvalue weighted by Crippen LogP contribution is 2.19. The van der Waals surface area contributed by atoms with Crippen molar-refractivity contribution in [1.82, 2.24) is 19.9 Å². The van der Waals surface area contributed by atoms with Crippen LogP contribution in [0.3, 0.4) is 0 Å². The monoisotopic (exact) mass is 400 g/mol. The van der Waals surface area contributed by atoms with Crippen LogP contribution in [-0.2, 0) is 11.2 Å². The van der Waals surface area contributed by atoms with Gasteiger partial charge in [0, 0.05) is 23.5 Å². The van der Waals surface area contributed by atoms with Crippen LogP contribution in [0, 0.1) is 13.8 Å². The van der Waals surface area contributed by atoms with Crippen molar-refractivity contribution >= 4 is 28.6 Å². The number of H-pyrrole nitrogens is 1. The zero-order valence-electron chi connectivity index (χ0n) is 17.2. The quantitative estimate of drug-likeness (QED) is 0.455. The highest BCUT2D eigenvalue weighted by atomic mass is 16.2. The van der Waals surface area contributed by atoms with E-state index in [9.17, 15) is 4.79 Å². The standard InChI is InChI=1S/C23H24N6O/c1-14-11-15(2)25-23(24-14)26-16(3)22(30)27-18-9-10-19-20(13-18)29-21(28-19)12-17-7-5-4-6-8-17/h4-11,13,16H,12H2,1-3H3,(H,27,30)(H,28,29)(H,24,25,26). The van der Waals surface area contributed by atoms with Gasteiger partial charge in [0.1, 0.15) is 11.9 Å². The fourth-order valence-corrected chi connectivity index (χ4v) is 3.31. The number of amides is 1. The van der Waals surface area contributed by atoms with Gasteiger partial charge < -0.3 is 15.6 Å². The van der Waals surface area contributed by atoms with Crippen LogP contribution in [0.1, 0.15) is 29.7 Å². The van der Waals surface area contributed by atoms with Crippen molar-refractivity contribution in [3.63, 3.8) is 0 Å². The number of fused-ring (bicyclic) bond motifs is 1.